The van der Waals surface area contributed by atoms with Gasteiger partial charge in [-0.1, -0.05) is 6.07 Å². The standard InChI is InChI=1S/C17H16F3N3O3/c1-10-13(22-11(2)24)6-3-7-14(10)23-15(25)12-5-4-8-21-16(12)26-9-17(18,19)20/h3-8H,9H2,1-2H3,(H,22,24)(H,23,25). The number of anilines is 2. The molecular formula is C17H16F3N3O3. The molecule has 0 aliphatic rings. The van der Waals surface area contributed by atoms with Gasteiger partial charge in [0.15, 0.2) is 6.61 Å². The first kappa shape index (κ1) is 19.2. The van der Waals surface area contributed by atoms with Crippen LogP contribution in [0.25, 0.3) is 0 Å². The molecule has 0 spiro atoms. The average molecular weight is 367 g/mol. The number of halogens is 3. The van der Waals surface area contributed by atoms with Crippen LogP contribution in [0.4, 0.5) is 24.5 Å². The number of aromatic nitrogens is 1. The molecule has 26 heavy (non-hydrogen) atoms. The third-order valence-corrected chi connectivity index (χ3v) is 3.28. The highest BCUT2D eigenvalue weighted by atomic mass is 19.4. The summed E-state index contributed by atoms with van der Waals surface area (Å²) in [6.45, 7) is 1.48. The Morgan fingerprint density at radius 3 is 2.38 bits per heavy atom. The maximum Gasteiger partial charge on any atom is 0.422 e. The molecule has 1 heterocycles. The molecule has 0 saturated carbocycles. The Morgan fingerprint density at radius 1 is 1.12 bits per heavy atom. The zero-order chi connectivity index (χ0) is 19.3. The minimum Gasteiger partial charge on any atom is -0.467 e. The molecule has 0 unspecified atom stereocenters. The van der Waals surface area contributed by atoms with E-state index in [0.717, 1.165) is 0 Å². The van der Waals surface area contributed by atoms with Gasteiger partial charge in [-0.05, 0) is 36.8 Å². The van der Waals surface area contributed by atoms with Crippen molar-refractivity contribution in [1.82, 2.24) is 4.98 Å². The topological polar surface area (TPSA) is 80.3 Å². The van der Waals surface area contributed by atoms with Crippen LogP contribution in [0.3, 0.4) is 0 Å². The van der Waals surface area contributed by atoms with Crippen molar-refractivity contribution in [3.8, 4) is 5.88 Å². The van der Waals surface area contributed by atoms with Gasteiger partial charge in [0, 0.05) is 24.5 Å². The fourth-order valence-corrected chi connectivity index (χ4v) is 2.11. The number of pyridine rings is 1. The largest absolute Gasteiger partial charge is 0.467 e. The van der Waals surface area contributed by atoms with E-state index in [0.29, 0.717) is 16.9 Å². The van der Waals surface area contributed by atoms with Crippen molar-refractivity contribution in [2.45, 2.75) is 20.0 Å². The van der Waals surface area contributed by atoms with Crippen LogP contribution in [0.2, 0.25) is 0 Å². The second-order valence-electron chi connectivity index (χ2n) is 5.37. The number of carbonyl (C=O) groups is 2. The van der Waals surface area contributed by atoms with E-state index in [1.165, 1.54) is 25.3 Å². The number of hydrogen-bond donors (Lipinski definition) is 2. The molecule has 0 aliphatic carbocycles. The van der Waals surface area contributed by atoms with E-state index in [-0.39, 0.29) is 11.5 Å². The maximum absolute atomic E-state index is 12.4. The van der Waals surface area contributed by atoms with E-state index >= 15 is 0 Å². The maximum atomic E-state index is 12.4. The molecule has 0 saturated heterocycles. The number of alkyl halides is 3. The van der Waals surface area contributed by atoms with Gasteiger partial charge in [0.05, 0.1) is 0 Å². The van der Waals surface area contributed by atoms with Crippen LogP contribution in [0.5, 0.6) is 5.88 Å². The first-order chi connectivity index (χ1) is 12.2. The molecule has 0 atom stereocenters. The Labute approximate surface area is 147 Å². The molecule has 138 valence electrons. The summed E-state index contributed by atoms with van der Waals surface area (Å²) in [4.78, 5) is 27.3. The molecule has 0 fully saturated rings. The third kappa shape index (κ3) is 5.20. The smallest absolute Gasteiger partial charge is 0.422 e. The minimum absolute atomic E-state index is 0.138. The molecule has 2 aromatic rings. The lowest BCUT2D eigenvalue weighted by molar-refractivity contribution is -0.154. The fourth-order valence-electron chi connectivity index (χ4n) is 2.11. The molecule has 2 amide bonds. The van der Waals surface area contributed by atoms with E-state index in [9.17, 15) is 22.8 Å². The molecule has 0 radical (unpaired) electrons. The number of benzene rings is 1. The molecule has 0 aliphatic heterocycles. The van der Waals surface area contributed by atoms with Gasteiger partial charge in [0.25, 0.3) is 5.91 Å². The van der Waals surface area contributed by atoms with Gasteiger partial charge in [-0.3, -0.25) is 9.59 Å². The normalized spacial score (nSPS) is 11.0. The summed E-state index contributed by atoms with van der Waals surface area (Å²) in [5.41, 5.74) is 1.36. The van der Waals surface area contributed by atoms with Gasteiger partial charge in [-0.25, -0.2) is 4.98 Å². The second-order valence-corrected chi connectivity index (χ2v) is 5.37. The van der Waals surface area contributed by atoms with Crippen molar-refractivity contribution in [2.24, 2.45) is 0 Å². The fraction of sp³-hybridized carbons (Fsp3) is 0.235. The van der Waals surface area contributed by atoms with Crippen molar-refractivity contribution in [3.63, 3.8) is 0 Å². The summed E-state index contributed by atoms with van der Waals surface area (Å²) in [6, 6.07) is 7.61. The number of amides is 2. The van der Waals surface area contributed by atoms with Gasteiger partial charge < -0.3 is 15.4 Å². The van der Waals surface area contributed by atoms with Crippen molar-refractivity contribution < 1.29 is 27.5 Å². The Hall–Kier alpha value is -3.10. The predicted octanol–water partition coefficient (Wildman–Crippen LogP) is 3.54. The molecule has 1 aromatic carbocycles. The molecule has 9 heteroatoms. The van der Waals surface area contributed by atoms with Gasteiger partial charge in [-0.2, -0.15) is 13.2 Å². The lowest BCUT2D eigenvalue weighted by atomic mass is 10.1. The minimum atomic E-state index is -4.55. The van der Waals surface area contributed by atoms with Gasteiger partial charge in [0.1, 0.15) is 5.56 Å². The molecule has 0 bridgehead atoms. The van der Waals surface area contributed by atoms with Crippen LogP contribution in [-0.2, 0) is 4.79 Å². The number of rotatable bonds is 5. The lowest BCUT2D eigenvalue weighted by Crippen LogP contribution is -2.22. The molecule has 6 nitrogen and oxygen atoms in total. The highest BCUT2D eigenvalue weighted by molar-refractivity contribution is 6.06. The summed E-state index contributed by atoms with van der Waals surface area (Å²) in [7, 11) is 0. The number of ether oxygens (including phenoxy) is 1. The quantitative estimate of drug-likeness (QED) is 0.847. The van der Waals surface area contributed by atoms with Crippen LogP contribution in [0.1, 0.15) is 22.8 Å². The van der Waals surface area contributed by atoms with E-state index in [1.807, 2.05) is 0 Å². The van der Waals surface area contributed by atoms with E-state index < -0.39 is 24.6 Å². The van der Waals surface area contributed by atoms with Crippen LogP contribution in [0.15, 0.2) is 36.5 Å². The molecule has 2 rings (SSSR count). The van der Waals surface area contributed by atoms with E-state index in [4.69, 9.17) is 0 Å². The summed E-state index contributed by atoms with van der Waals surface area (Å²) >= 11 is 0. The summed E-state index contributed by atoms with van der Waals surface area (Å²) in [6.07, 6.45) is -3.32. The Balaban J connectivity index is 2.22. The Bertz CT molecular complexity index is 822. The monoisotopic (exact) mass is 367 g/mol. The van der Waals surface area contributed by atoms with E-state index in [2.05, 4.69) is 20.4 Å². The number of hydrogen-bond acceptors (Lipinski definition) is 4. The van der Waals surface area contributed by atoms with Gasteiger partial charge >= 0.3 is 6.18 Å². The lowest BCUT2D eigenvalue weighted by Gasteiger charge is -2.14. The zero-order valence-electron chi connectivity index (χ0n) is 14.0. The number of carbonyl (C=O) groups excluding carboxylic acids is 2. The SMILES string of the molecule is CC(=O)Nc1cccc(NC(=O)c2cccnc2OCC(F)(F)F)c1C. The van der Waals surface area contributed by atoms with Gasteiger partial charge in [0.2, 0.25) is 11.8 Å². The number of nitrogens with one attached hydrogen (secondary N) is 2. The predicted molar refractivity (Wildman–Crippen MR) is 89.2 cm³/mol. The van der Waals surface area contributed by atoms with Crippen LogP contribution < -0.4 is 15.4 Å². The third-order valence-electron chi connectivity index (χ3n) is 3.28. The Morgan fingerprint density at radius 2 is 1.77 bits per heavy atom. The van der Waals surface area contributed by atoms with E-state index in [1.54, 1.807) is 25.1 Å². The molecule has 2 N–H and O–H groups in total. The van der Waals surface area contributed by atoms with Crippen molar-refractivity contribution >= 4 is 23.2 Å². The van der Waals surface area contributed by atoms with Crippen LogP contribution in [0, 0.1) is 6.92 Å². The summed E-state index contributed by atoms with van der Waals surface area (Å²) in [5.74, 6) is -1.37. The van der Waals surface area contributed by atoms with Crippen LogP contribution in [-0.4, -0.2) is 29.6 Å². The highest BCUT2D eigenvalue weighted by Gasteiger charge is 2.29. The molecule has 1 aromatic heterocycles. The highest BCUT2D eigenvalue weighted by Crippen LogP contribution is 2.25. The first-order valence-corrected chi connectivity index (χ1v) is 7.50. The van der Waals surface area contributed by atoms with Gasteiger partial charge in [-0.15, -0.1) is 0 Å². The van der Waals surface area contributed by atoms with Crippen LogP contribution >= 0.6 is 0 Å². The van der Waals surface area contributed by atoms with Crippen molar-refractivity contribution in [1.29, 1.82) is 0 Å². The molecular weight excluding hydrogens is 351 g/mol. The van der Waals surface area contributed by atoms with Crippen molar-refractivity contribution in [3.05, 3.63) is 47.7 Å². The summed E-state index contributed by atoms with van der Waals surface area (Å²) < 4.78 is 41.6. The van der Waals surface area contributed by atoms with Crippen molar-refractivity contribution in [2.75, 3.05) is 17.2 Å². The zero-order valence-corrected chi connectivity index (χ0v) is 14.0. The first-order valence-electron chi connectivity index (χ1n) is 7.50. The number of nitrogens with zero attached hydrogens (tertiary/aromatic N) is 1. The summed E-state index contributed by atoms with van der Waals surface area (Å²) in [5, 5.41) is 5.21. The second kappa shape index (κ2) is 7.85. The Kier molecular flexibility index (Phi) is 5.81. The average Bonchev–Trinajstić information content (AvgIpc) is 2.56.